The maximum absolute atomic E-state index is 12.4. The van der Waals surface area contributed by atoms with Gasteiger partial charge in [0.05, 0.1) is 48.1 Å². The first kappa shape index (κ1) is 24.8. The molecule has 3 aromatic rings. The lowest BCUT2D eigenvalue weighted by atomic mass is 10.1. The molecule has 1 aliphatic rings. The molecular weight excluding hydrogens is 520 g/mol. The molecule has 3 heterocycles. The smallest absolute Gasteiger partial charge is 0.335 e. The number of carbonyl (C=O) groups is 2. The van der Waals surface area contributed by atoms with Crippen LogP contribution in [0.5, 0.6) is 5.88 Å². The monoisotopic (exact) mass is 538 g/mol. The number of halogens is 1. The van der Waals surface area contributed by atoms with Gasteiger partial charge in [-0.2, -0.15) is 9.47 Å². The molecule has 15 heteroatoms. The third kappa shape index (κ3) is 6.22. The first-order valence-corrected chi connectivity index (χ1v) is 12.2. The van der Waals surface area contributed by atoms with Crippen molar-refractivity contribution in [1.82, 2.24) is 18.7 Å². The second kappa shape index (κ2) is 11.4. The van der Waals surface area contributed by atoms with E-state index in [1.807, 2.05) is 4.90 Å². The van der Waals surface area contributed by atoms with Crippen molar-refractivity contribution in [3.8, 4) is 5.88 Å². The second-order valence-corrected chi connectivity index (χ2v) is 9.07. The number of hydrazone groups is 1. The van der Waals surface area contributed by atoms with Crippen LogP contribution >= 0.6 is 34.7 Å². The van der Waals surface area contributed by atoms with Crippen LogP contribution in [-0.4, -0.2) is 69.4 Å². The van der Waals surface area contributed by atoms with Crippen molar-refractivity contribution < 1.29 is 24.2 Å². The van der Waals surface area contributed by atoms with E-state index in [1.165, 1.54) is 22.9 Å². The van der Waals surface area contributed by atoms with Crippen molar-refractivity contribution in [2.24, 2.45) is 5.10 Å². The van der Waals surface area contributed by atoms with E-state index in [2.05, 4.69) is 19.3 Å². The highest BCUT2D eigenvalue weighted by atomic mass is 35.5. The highest BCUT2D eigenvalue weighted by molar-refractivity contribution is 7.11. The van der Waals surface area contributed by atoms with E-state index in [0.717, 1.165) is 23.1 Å². The van der Waals surface area contributed by atoms with E-state index in [1.54, 1.807) is 12.1 Å². The summed E-state index contributed by atoms with van der Waals surface area (Å²) in [6.45, 7) is 2.25. The van der Waals surface area contributed by atoms with Gasteiger partial charge in [-0.1, -0.05) is 35.1 Å². The zero-order valence-corrected chi connectivity index (χ0v) is 20.4. The van der Waals surface area contributed by atoms with Crippen molar-refractivity contribution in [3.05, 3.63) is 55.1 Å². The van der Waals surface area contributed by atoms with Crippen LogP contribution in [-0.2, 0) is 16.1 Å². The summed E-state index contributed by atoms with van der Waals surface area (Å²) in [4.78, 5) is 37.6. The van der Waals surface area contributed by atoms with Gasteiger partial charge in [-0.25, -0.2) is 10.2 Å². The van der Waals surface area contributed by atoms with Gasteiger partial charge in [-0.3, -0.25) is 14.2 Å². The molecule has 2 aromatic heterocycles. The molecule has 0 radical (unpaired) electrons. The summed E-state index contributed by atoms with van der Waals surface area (Å²) in [5.41, 5.74) is 3.03. The van der Waals surface area contributed by atoms with Gasteiger partial charge in [-0.05, 0) is 17.7 Å². The summed E-state index contributed by atoms with van der Waals surface area (Å²) in [5.74, 6) is -0.759. The van der Waals surface area contributed by atoms with Crippen LogP contribution < -0.4 is 19.9 Å². The van der Waals surface area contributed by atoms with E-state index >= 15 is 0 Å². The number of ether oxygens (including phenoxy) is 2. The normalized spacial score (nSPS) is 13.8. The molecule has 0 bridgehead atoms. The fourth-order valence-corrected chi connectivity index (χ4v) is 4.79. The van der Waals surface area contributed by atoms with Crippen molar-refractivity contribution in [2.75, 3.05) is 37.8 Å². The summed E-state index contributed by atoms with van der Waals surface area (Å²) in [6, 6.07) is 6.22. The molecular formula is C20H19ClN6O6S2. The van der Waals surface area contributed by atoms with Gasteiger partial charge in [0.1, 0.15) is 5.15 Å². The quantitative estimate of drug-likeness (QED) is 0.305. The average Bonchev–Trinajstić information content (AvgIpc) is 3.43. The number of nitrogens with zero attached hydrogens (tertiary/aromatic N) is 5. The number of benzene rings is 1. The van der Waals surface area contributed by atoms with Crippen molar-refractivity contribution in [2.45, 2.75) is 6.54 Å². The lowest BCUT2D eigenvalue weighted by molar-refractivity contribution is -0.123. The minimum atomic E-state index is -1.06. The fraction of sp³-hybridized carbons (Fsp3) is 0.300. The first-order chi connectivity index (χ1) is 16.9. The highest BCUT2D eigenvalue weighted by Gasteiger charge is 2.20. The SMILES string of the molecule is O=C(COc1nsnc1N1CCOCC1)NN=Cc1sc(=O)n(Cc2cccc(C(=O)O)c2)c1Cl. The minimum Gasteiger partial charge on any atom is -0.478 e. The van der Waals surface area contributed by atoms with Gasteiger partial charge in [-0.15, -0.1) is 4.37 Å². The van der Waals surface area contributed by atoms with E-state index in [0.29, 0.717) is 42.6 Å². The summed E-state index contributed by atoms with van der Waals surface area (Å²) < 4.78 is 20.4. The van der Waals surface area contributed by atoms with E-state index < -0.39 is 11.9 Å². The fourth-order valence-electron chi connectivity index (χ4n) is 3.17. The summed E-state index contributed by atoms with van der Waals surface area (Å²) >= 11 is 8.16. The molecule has 1 fully saturated rings. The zero-order valence-electron chi connectivity index (χ0n) is 18.0. The van der Waals surface area contributed by atoms with Crippen LogP contribution in [0.1, 0.15) is 20.8 Å². The lowest BCUT2D eigenvalue weighted by Crippen LogP contribution is -2.36. The number of carboxylic acid groups (broad SMARTS) is 1. The Labute approximate surface area is 211 Å². The Morgan fingerprint density at radius 2 is 2.11 bits per heavy atom. The first-order valence-electron chi connectivity index (χ1n) is 10.2. The molecule has 0 aliphatic carbocycles. The van der Waals surface area contributed by atoms with E-state index in [4.69, 9.17) is 26.2 Å². The van der Waals surface area contributed by atoms with Gasteiger partial charge >= 0.3 is 10.8 Å². The van der Waals surface area contributed by atoms with E-state index in [-0.39, 0.29) is 34.6 Å². The molecule has 35 heavy (non-hydrogen) atoms. The minimum absolute atomic E-state index is 0.0937. The number of hydrogen-bond acceptors (Lipinski definition) is 11. The van der Waals surface area contributed by atoms with Crippen LogP contribution in [0.15, 0.2) is 34.2 Å². The number of hydrogen-bond donors (Lipinski definition) is 2. The lowest BCUT2D eigenvalue weighted by Gasteiger charge is -2.26. The molecule has 1 saturated heterocycles. The molecule has 0 spiro atoms. The Morgan fingerprint density at radius 1 is 1.31 bits per heavy atom. The number of carboxylic acids is 1. The Kier molecular flexibility index (Phi) is 8.07. The van der Waals surface area contributed by atoms with Gasteiger partial charge in [0.25, 0.3) is 11.8 Å². The predicted molar refractivity (Wildman–Crippen MR) is 130 cm³/mol. The molecule has 1 aliphatic heterocycles. The highest BCUT2D eigenvalue weighted by Crippen LogP contribution is 2.26. The van der Waals surface area contributed by atoms with Crippen LogP contribution in [0, 0.1) is 0 Å². The summed E-state index contributed by atoms with van der Waals surface area (Å²) in [6.07, 6.45) is 1.26. The summed E-state index contributed by atoms with van der Waals surface area (Å²) in [7, 11) is 0. The van der Waals surface area contributed by atoms with Crippen molar-refractivity contribution in [3.63, 3.8) is 0 Å². The maximum Gasteiger partial charge on any atom is 0.335 e. The third-order valence-corrected chi connectivity index (χ3v) is 6.77. The van der Waals surface area contributed by atoms with Gasteiger partial charge in [0.15, 0.2) is 6.61 Å². The molecule has 12 nitrogen and oxygen atoms in total. The van der Waals surface area contributed by atoms with Gasteiger partial charge < -0.3 is 19.5 Å². The number of rotatable bonds is 9. The molecule has 4 rings (SSSR count). The Hall–Kier alpha value is -3.33. The number of aromatic carboxylic acids is 1. The topological polar surface area (TPSA) is 148 Å². The third-order valence-electron chi connectivity index (χ3n) is 4.84. The van der Waals surface area contributed by atoms with E-state index in [9.17, 15) is 14.4 Å². The zero-order chi connectivity index (χ0) is 24.8. The average molecular weight is 539 g/mol. The molecule has 0 saturated carbocycles. The number of nitrogens with one attached hydrogen (secondary N) is 1. The molecule has 1 aromatic carbocycles. The molecule has 184 valence electrons. The Bertz CT molecular complexity index is 1300. The molecule has 0 unspecified atom stereocenters. The maximum atomic E-state index is 12.4. The van der Waals surface area contributed by atoms with Crippen LogP contribution in [0.25, 0.3) is 0 Å². The number of amides is 1. The second-order valence-electron chi connectivity index (χ2n) is 7.19. The Balaban J connectivity index is 1.33. The van der Waals surface area contributed by atoms with Gasteiger partial charge in [0.2, 0.25) is 5.82 Å². The number of anilines is 1. The molecule has 2 N–H and O–H groups in total. The molecule has 0 atom stereocenters. The largest absolute Gasteiger partial charge is 0.478 e. The number of morpholine rings is 1. The molecule has 1 amide bonds. The van der Waals surface area contributed by atoms with Crippen LogP contribution in [0.4, 0.5) is 5.82 Å². The summed E-state index contributed by atoms with van der Waals surface area (Å²) in [5, 5.41) is 13.1. The predicted octanol–water partition coefficient (Wildman–Crippen LogP) is 1.53. The van der Waals surface area contributed by atoms with Gasteiger partial charge in [0, 0.05) is 13.1 Å². The standard InChI is InChI=1S/C20H19ClN6O6S2/c21-16-14(34-20(31)27(16)10-12-2-1-3-13(8-12)19(29)30)9-22-23-15(28)11-33-18-17(24-35-25-18)26-4-6-32-7-5-26/h1-3,8-9H,4-7,10-11H2,(H,23,28)(H,29,30). The van der Waals surface area contributed by atoms with Crippen LogP contribution in [0.3, 0.4) is 0 Å². The van der Waals surface area contributed by atoms with Crippen molar-refractivity contribution in [1.29, 1.82) is 0 Å². The number of carbonyl (C=O) groups excluding carboxylic acids is 1. The van der Waals surface area contributed by atoms with Crippen LogP contribution in [0.2, 0.25) is 5.15 Å². The van der Waals surface area contributed by atoms with Crippen molar-refractivity contribution >= 4 is 58.6 Å². The number of thiazole rings is 1. The number of aromatic nitrogens is 3. The Morgan fingerprint density at radius 3 is 2.89 bits per heavy atom.